The molecule has 0 bridgehead atoms. The summed E-state index contributed by atoms with van der Waals surface area (Å²) in [6.45, 7) is 2.00. The smallest absolute Gasteiger partial charge is 0.255 e. The number of imidazole rings is 1. The molecule has 6 rings (SSSR count). The number of halogens is 2. The maximum Gasteiger partial charge on any atom is 0.255 e. The Kier molecular flexibility index (Phi) is 3.31. The zero-order valence-electron chi connectivity index (χ0n) is 15.7. The highest BCUT2D eigenvalue weighted by atomic mass is 19.3. The van der Waals surface area contributed by atoms with E-state index in [0.29, 0.717) is 17.4 Å². The van der Waals surface area contributed by atoms with E-state index in [4.69, 9.17) is 4.74 Å². The molecule has 7 nitrogen and oxygen atoms in total. The van der Waals surface area contributed by atoms with Gasteiger partial charge in [0.15, 0.2) is 5.65 Å². The normalized spacial score (nSPS) is 19.0. The van der Waals surface area contributed by atoms with Crippen LogP contribution in [0.3, 0.4) is 0 Å². The van der Waals surface area contributed by atoms with Crippen LogP contribution in [0.15, 0.2) is 30.9 Å². The molecule has 29 heavy (non-hydrogen) atoms. The average molecular weight is 396 g/mol. The zero-order valence-corrected chi connectivity index (χ0v) is 15.7. The molecule has 9 heteroatoms. The van der Waals surface area contributed by atoms with Crippen molar-refractivity contribution in [1.29, 1.82) is 0 Å². The van der Waals surface area contributed by atoms with E-state index < -0.39 is 12.0 Å². The molecule has 2 fully saturated rings. The van der Waals surface area contributed by atoms with Gasteiger partial charge in [-0.25, -0.2) is 23.3 Å². The Morgan fingerprint density at radius 3 is 2.79 bits per heavy atom. The average Bonchev–Trinajstić information content (AvgIpc) is 3.30. The van der Waals surface area contributed by atoms with Crippen molar-refractivity contribution in [3.63, 3.8) is 0 Å². The van der Waals surface area contributed by atoms with Gasteiger partial charge >= 0.3 is 0 Å². The number of aromatic nitrogens is 6. The second-order valence-electron chi connectivity index (χ2n) is 7.92. The van der Waals surface area contributed by atoms with Crippen molar-refractivity contribution >= 4 is 16.7 Å². The van der Waals surface area contributed by atoms with Gasteiger partial charge in [0.05, 0.1) is 5.52 Å². The molecule has 0 spiro atoms. The summed E-state index contributed by atoms with van der Waals surface area (Å²) in [7, 11) is 0. The molecule has 0 saturated heterocycles. The third kappa shape index (κ3) is 2.67. The molecule has 0 amide bonds. The molecule has 0 atom stereocenters. The van der Waals surface area contributed by atoms with Gasteiger partial charge in [-0.15, -0.1) is 0 Å². The third-order valence-electron chi connectivity index (χ3n) is 5.70. The lowest BCUT2D eigenvalue weighted by Gasteiger charge is -2.34. The fourth-order valence-electron chi connectivity index (χ4n) is 4.13. The van der Waals surface area contributed by atoms with Crippen molar-refractivity contribution < 1.29 is 13.5 Å². The summed E-state index contributed by atoms with van der Waals surface area (Å²) >= 11 is 0. The Hall–Kier alpha value is -3.10. The molecule has 4 heterocycles. The molecule has 4 aromatic rings. The first-order chi connectivity index (χ1) is 14.0. The Labute approximate surface area is 164 Å². The molecule has 0 unspecified atom stereocenters. The molecule has 0 aliphatic heterocycles. The summed E-state index contributed by atoms with van der Waals surface area (Å²) in [4.78, 5) is 13.3. The summed E-state index contributed by atoms with van der Waals surface area (Å²) < 4.78 is 36.1. The number of ether oxygens (including phenoxy) is 1. The molecular formula is C20H18F2N6O. The number of hydrogen-bond donors (Lipinski definition) is 0. The highest BCUT2D eigenvalue weighted by Crippen LogP contribution is 2.42. The molecule has 2 aliphatic carbocycles. The van der Waals surface area contributed by atoms with Crippen LogP contribution in [-0.4, -0.2) is 41.2 Å². The fraction of sp³-hybridized carbons (Fsp3) is 0.400. The lowest BCUT2D eigenvalue weighted by atomic mass is 9.91. The van der Waals surface area contributed by atoms with Crippen LogP contribution in [0.4, 0.5) is 8.78 Å². The first-order valence-corrected chi connectivity index (χ1v) is 9.70. The second kappa shape index (κ2) is 5.71. The maximum absolute atomic E-state index is 13.2. The molecule has 148 valence electrons. The van der Waals surface area contributed by atoms with Crippen molar-refractivity contribution in [1.82, 2.24) is 29.1 Å². The SMILES string of the molecule is Cc1nc2ncc(-c3ccn4ncnc(OC5CC(F)(F)C5)c34)cc2n1C1CC1. The highest BCUT2D eigenvalue weighted by Gasteiger charge is 2.47. The molecule has 4 aromatic heterocycles. The lowest BCUT2D eigenvalue weighted by Crippen LogP contribution is -2.43. The molecule has 0 radical (unpaired) electrons. The van der Waals surface area contributed by atoms with Crippen LogP contribution >= 0.6 is 0 Å². The van der Waals surface area contributed by atoms with Gasteiger partial charge in [0.2, 0.25) is 5.88 Å². The standard InChI is InChI=1S/C20H18F2N6O/c1-11-26-18-16(28(11)13-2-3-13)6-12(9-23-18)15-4-5-27-17(15)19(24-10-25-27)29-14-7-20(21,22)8-14/h4-6,9-10,13-14H,2-3,7-8H2,1H3. The van der Waals surface area contributed by atoms with E-state index in [1.165, 1.54) is 6.33 Å². The van der Waals surface area contributed by atoms with Crippen LogP contribution in [0.1, 0.15) is 37.5 Å². The van der Waals surface area contributed by atoms with E-state index in [-0.39, 0.29) is 12.8 Å². The van der Waals surface area contributed by atoms with Crippen molar-refractivity contribution in [2.75, 3.05) is 0 Å². The number of pyridine rings is 1. The number of fused-ring (bicyclic) bond motifs is 2. The van der Waals surface area contributed by atoms with E-state index in [1.807, 2.05) is 19.2 Å². The van der Waals surface area contributed by atoms with Crippen molar-refractivity contribution in [3.05, 3.63) is 36.7 Å². The van der Waals surface area contributed by atoms with Gasteiger partial charge in [0.25, 0.3) is 5.92 Å². The first kappa shape index (κ1) is 16.8. The topological polar surface area (TPSA) is 70.1 Å². The Bertz CT molecular complexity index is 1250. The van der Waals surface area contributed by atoms with Gasteiger partial charge in [-0.2, -0.15) is 10.1 Å². The summed E-state index contributed by atoms with van der Waals surface area (Å²) in [5, 5.41) is 4.23. The van der Waals surface area contributed by atoms with Crippen molar-refractivity contribution in [2.45, 2.75) is 50.7 Å². The molecule has 2 saturated carbocycles. The number of rotatable bonds is 4. The molecule has 0 N–H and O–H groups in total. The van der Waals surface area contributed by atoms with E-state index in [1.54, 1.807) is 10.7 Å². The van der Waals surface area contributed by atoms with Crippen LogP contribution in [0.25, 0.3) is 27.8 Å². The lowest BCUT2D eigenvalue weighted by molar-refractivity contribution is -0.135. The number of alkyl halides is 2. The quantitative estimate of drug-likeness (QED) is 0.522. The first-order valence-electron chi connectivity index (χ1n) is 9.70. The summed E-state index contributed by atoms with van der Waals surface area (Å²) in [5.74, 6) is -1.37. The van der Waals surface area contributed by atoms with Crippen LogP contribution in [0.2, 0.25) is 0 Å². The van der Waals surface area contributed by atoms with Crippen molar-refractivity contribution in [3.8, 4) is 17.0 Å². The largest absolute Gasteiger partial charge is 0.472 e. The predicted octanol–water partition coefficient (Wildman–Crippen LogP) is 3.96. The van der Waals surface area contributed by atoms with E-state index in [9.17, 15) is 8.78 Å². The third-order valence-corrected chi connectivity index (χ3v) is 5.70. The minimum atomic E-state index is -2.65. The van der Waals surface area contributed by atoms with Crippen LogP contribution in [0.5, 0.6) is 5.88 Å². The number of hydrogen-bond acceptors (Lipinski definition) is 5. The van der Waals surface area contributed by atoms with Gasteiger partial charge in [-0.05, 0) is 31.9 Å². The number of nitrogens with zero attached hydrogens (tertiary/aromatic N) is 6. The van der Waals surface area contributed by atoms with Gasteiger partial charge in [0.1, 0.15) is 23.8 Å². The Morgan fingerprint density at radius 1 is 1.21 bits per heavy atom. The van der Waals surface area contributed by atoms with Crippen LogP contribution in [0, 0.1) is 6.92 Å². The van der Waals surface area contributed by atoms with E-state index in [0.717, 1.165) is 41.0 Å². The van der Waals surface area contributed by atoms with Crippen molar-refractivity contribution in [2.24, 2.45) is 0 Å². The van der Waals surface area contributed by atoms with Gasteiger partial charge in [-0.3, -0.25) is 0 Å². The fourth-order valence-corrected chi connectivity index (χ4v) is 4.13. The maximum atomic E-state index is 13.2. The summed E-state index contributed by atoms with van der Waals surface area (Å²) in [6, 6.07) is 4.48. The van der Waals surface area contributed by atoms with Gasteiger partial charge < -0.3 is 9.30 Å². The number of aryl methyl sites for hydroxylation is 1. The highest BCUT2D eigenvalue weighted by molar-refractivity contribution is 5.88. The predicted molar refractivity (Wildman–Crippen MR) is 101 cm³/mol. The molecule has 0 aromatic carbocycles. The molecular weight excluding hydrogens is 378 g/mol. The minimum Gasteiger partial charge on any atom is -0.472 e. The summed E-state index contributed by atoms with van der Waals surface area (Å²) in [6.07, 6.45) is 6.16. The molecule has 2 aliphatic rings. The van der Waals surface area contributed by atoms with E-state index >= 15 is 0 Å². The zero-order chi connectivity index (χ0) is 19.8. The van der Waals surface area contributed by atoms with E-state index in [2.05, 4.69) is 30.7 Å². The van der Waals surface area contributed by atoms with Crippen LogP contribution < -0.4 is 4.74 Å². The Morgan fingerprint density at radius 2 is 2.03 bits per heavy atom. The van der Waals surface area contributed by atoms with Crippen LogP contribution in [-0.2, 0) is 0 Å². The van der Waals surface area contributed by atoms with Gasteiger partial charge in [0, 0.05) is 42.4 Å². The van der Waals surface area contributed by atoms with Gasteiger partial charge in [-0.1, -0.05) is 0 Å². The second-order valence-corrected chi connectivity index (χ2v) is 7.92. The Balaban J connectivity index is 1.45. The minimum absolute atomic E-state index is 0.285. The monoisotopic (exact) mass is 396 g/mol. The summed E-state index contributed by atoms with van der Waals surface area (Å²) in [5.41, 5.74) is 4.12.